The average Bonchev–Trinajstić information content (AvgIpc) is 2.54. The van der Waals surface area contributed by atoms with Gasteiger partial charge in [0.1, 0.15) is 28.9 Å². The minimum absolute atomic E-state index is 0.167. The van der Waals surface area contributed by atoms with Crippen LogP contribution in [0.1, 0.15) is 18.4 Å². The molecule has 1 atom stereocenters. The third kappa shape index (κ3) is 3.32. The fourth-order valence-corrected chi connectivity index (χ4v) is 2.58. The van der Waals surface area contributed by atoms with Gasteiger partial charge in [-0.05, 0) is 36.2 Å². The monoisotopic (exact) mass is 330 g/mol. The van der Waals surface area contributed by atoms with Gasteiger partial charge in [-0.25, -0.2) is 0 Å². The molecule has 126 valence electrons. The summed E-state index contributed by atoms with van der Waals surface area (Å²) in [6, 6.07) is 9.22. The van der Waals surface area contributed by atoms with Crippen LogP contribution in [0.25, 0.3) is 11.1 Å². The van der Waals surface area contributed by atoms with E-state index in [1.807, 2.05) is 0 Å². The van der Waals surface area contributed by atoms with Gasteiger partial charge in [0.25, 0.3) is 0 Å². The van der Waals surface area contributed by atoms with Crippen LogP contribution in [0.15, 0.2) is 36.4 Å². The molecule has 0 aromatic heterocycles. The molecule has 2 rings (SSSR count). The van der Waals surface area contributed by atoms with E-state index in [1.54, 1.807) is 24.3 Å². The lowest BCUT2D eigenvalue weighted by atomic mass is 9.87. The van der Waals surface area contributed by atoms with Gasteiger partial charge in [-0.3, -0.25) is 9.59 Å². The van der Waals surface area contributed by atoms with E-state index in [-0.39, 0.29) is 22.6 Å². The van der Waals surface area contributed by atoms with E-state index in [0.717, 1.165) is 6.07 Å². The molecule has 0 saturated carbocycles. The maximum absolute atomic E-state index is 12.1. The molecule has 0 aliphatic rings. The number of phenolic OH excluding ortho intramolecular Hbond substituents is 2. The summed E-state index contributed by atoms with van der Waals surface area (Å²) in [5, 5.41) is 20.1. The predicted octanol–water partition coefficient (Wildman–Crippen LogP) is 2.62. The van der Waals surface area contributed by atoms with Crippen molar-refractivity contribution in [2.75, 3.05) is 14.2 Å². The van der Waals surface area contributed by atoms with Crippen LogP contribution in [0.5, 0.6) is 17.2 Å². The Morgan fingerprint density at radius 3 is 2.38 bits per heavy atom. The summed E-state index contributed by atoms with van der Waals surface area (Å²) in [7, 11) is 2.68. The van der Waals surface area contributed by atoms with E-state index < -0.39 is 17.7 Å². The first kappa shape index (κ1) is 17.3. The first-order chi connectivity index (χ1) is 11.4. The maximum atomic E-state index is 12.1. The number of esters is 1. The highest BCUT2D eigenvalue weighted by Crippen LogP contribution is 2.41. The third-order valence-corrected chi connectivity index (χ3v) is 3.65. The number of phenols is 2. The van der Waals surface area contributed by atoms with E-state index in [4.69, 9.17) is 9.47 Å². The van der Waals surface area contributed by atoms with Crippen LogP contribution in [-0.4, -0.2) is 36.2 Å². The molecule has 0 heterocycles. The summed E-state index contributed by atoms with van der Waals surface area (Å²) in [6.07, 6.45) is 0. The van der Waals surface area contributed by atoms with Crippen LogP contribution in [-0.2, 0) is 14.3 Å². The van der Waals surface area contributed by atoms with Gasteiger partial charge in [0.15, 0.2) is 0 Å². The summed E-state index contributed by atoms with van der Waals surface area (Å²) in [5.41, 5.74) is 0.967. The number of ether oxygens (including phenoxy) is 2. The molecule has 0 bridgehead atoms. The number of Topliss-reactive ketones (excluding diaryl/α,β-unsaturated/α-hetero) is 1. The Morgan fingerprint density at radius 2 is 1.79 bits per heavy atom. The molecule has 2 aromatic rings. The SMILES string of the molecule is COC(=O)C(C(C)=O)c1cc(O)cc(O)c1-c1cccc(OC)c1. The van der Waals surface area contributed by atoms with E-state index in [0.29, 0.717) is 11.3 Å². The highest BCUT2D eigenvalue weighted by molar-refractivity contribution is 6.05. The smallest absolute Gasteiger partial charge is 0.320 e. The van der Waals surface area contributed by atoms with Crippen molar-refractivity contribution in [1.82, 2.24) is 0 Å². The van der Waals surface area contributed by atoms with Gasteiger partial charge in [-0.1, -0.05) is 12.1 Å². The number of carbonyl (C=O) groups excluding carboxylic acids is 2. The van der Waals surface area contributed by atoms with Crippen LogP contribution in [0.4, 0.5) is 0 Å². The fraction of sp³-hybridized carbons (Fsp3) is 0.222. The molecular formula is C18H18O6. The van der Waals surface area contributed by atoms with Crippen LogP contribution in [0, 0.1) is 0 Å². The molecule has 0 amide bonds. The highest BCUT2D eigenvalue weighted by Gasteiger charge is 2.31. The standard InChI is InChI=1S/C18H18O6/c1-10(19)16(18(22)24-3)14-8-12(20)9-15(21)17(14)11-5-4-6-13(7-11)23-2/h4-9,16,20-21H,1-3H3. The zero-order valence-electron chi connectivity index (χ0n) is 13.6. The second-order valence-electron chi connectivity index (χ2n) is 5.23. The van der Waals surface area contributed by atoms with Gasteiger partial charge in [-0.15, -0.1) is 0 Å². The van der Waals surface area contributed by atoms with Crippen LogP contribution in [0.2, 0.25) is 0 Å². The molecule has 0 radical (unpaired) electrons. The normalized spacial score (nSPS) is 11.6. The fourth-order valence-electron chi connectivity index (χ4n) is 2.58. The van der Waals surface area contributed by atoms with Gasteiger partial charge in [0, 0.05) is 11.6 Å². The number of rotatable bonds is 5. The first-order valence-electron chi connectivity index (χ1n) is 7.17. The predicted molar refractivity (Wildman–Crippen MR) is 87.2 cm³/mol. The number of hydrogen-bond donors (Lipinski definition) is 2. The Morgan fingerprint density at radius 1 is 1.08 bits per heavy atom. The number of methoxy groups -OCH3 is 2. The van der Waals surface area contributed by atoms with Gasteiger partial charge < -0.3 is 19.7 Å². The van der Waals surface area contributed by atoms with Gasteiger partial charge >= 0.3 is 5.97 Å². The van der Waals surface area contributed by atoms with Gasteiger partial charge in [-0.2, -0.15) is 0 Å². The van der Waals surface area contributed by atoms with Crippen molar-refractivity contribution in [2.24, 2.45) is 0 Å². The molecular weight excluding hydrogens is 312 g/mol. The van der Waals surface area contributed by atoms with E-state index in [2.05, 4.69) is 0 Å². The summed E-state index contributed by atoms with van der Waals surface area (Å²) >= 11 is 0. The van der Waals surface area contributed by atoms with Crippen LogP contribution < -0.4 is 4.74 Å². The highest BCUT2D eigenvalue weighted by atomic mass is 16.5. The second kappa shape index (κ2) is 7.04. The summed E-state index contributed by atoms with van der Waals surface area (Å²) in [5.74, 6) is -2.46. The minimum Gasteiger partial charge on any atom is -0.508 e. The van der Waals surface area contributed by atoms with E-state index in [9.17, 15) is 19.8 Å². The first-order valence-corrected chi connectivity index (χ1v) is 7.17. The average molecular weight is 330 g/mol. The molecule has 6 heteroatoms. The largest absolute Gasteiger partial charge is 0.508 e. The molecule has 0 aliphatic carbocycles. The number of benzene rings is 2. The van der Waals surface area contributed by atoms with Crippen LogP contribution in [0.3, 0.4) is 0 Å². The Kier molecular flexibility index (Phi) is 5.08. The Labute approximate surface area is 139 Å². The van der Waals surface area contributed by atoms with Crippen molar-refractivity contribution in [3.05, 3.63) is 42.0 Å². The maximum Gasteiger partial charge on any atom is 0.320 e. The third-order valence-electron chi connectivity index (χ3n) is 3.65. The summed E-state index contributed by atoms with van der Waals surface area (Å²) in [4.78, 5) is 24.0. The molecule has 0 saturated heterocycles. The van der Waals surface area contributed by atoms with Crippen LogP contribution >= 0.6 is 0 Å². The number of carbonyl (C=O) groups is 2. The van der Waals surface area contributed by atoms with Gasteiger partial charge in [0.05, 0.1) is 14.2 Å². The quantitative estimate of drug-likeness (QED) is 0.646. The minimum atomic E-state index is -1.26. The molecule has 0 spiro atoms. The zero-order chi connectivity index (χ0) is 17.9. The molecule has 6 nitrogen and oxygen atoms in total. The Balaban J connectivity index is 2.75. The van der Waals surface area contributed by atoms with E-state index in [1.165, 1.54) is 27.2 Å². The number of aromatic hydroxyl groups is 2. The van der Waals surface area contributed by atoms with Crippen molar-refractivity contribution >= 4 is 11.8 Å². The lowest BCUT2D eigenvalue weighted by Crippen LogP contribution is -2.21. The lowest BCUT2D eigenvalue weighted by Gasteiger charge is -2.18. The zero-order valence-corrected chi connectivity index (χ0v) is 13.6. The molecule has 0 aliphatic heterocycles. The number of ketones is 1. The van der Waals surface area contributed by atoms with E-state index >= 15 is 0 Å². The van der Waals surface area contributed by atoms with Crippen molar-refractivity contribution in [1.29, 1.82) is 0 Å². The molecule has 2 N–H and O–H groups in total. The molecule has 1 unspecified atom stereocenters. The van der Waals surface area contributed by atoms with Gasteiger partial charge in [0.2, 0.25) is 0 Å². The molecule has 2 aromatic carbocycles. The van der Waals surface area contributed by atoms with Crippen molar-refractivity contribution in [2.45, 2.75) is 12.8 Å². The van der Waals surface area contributed by atoms with Crippen molar-refractivity contribution < 1.29 is 29.3 Å². The summed E-state index contributed by atoms with van der Waals surface area (Å²) < 4.78 is 9.86. The lowest BCUT2D eigenvalue weighted by molar-refractivity contribution is -0.145. The molecule has 0 fully saturated rings. The number of hydrogen-bond acceptors (Lipinski definition) is 6. The van der Waals surface area contributed by atoms with Crippen molar-refractivity contribution in [3.63, 3.8) is 0 Å². The molecule has 24 heavy (non-hydrogen) atoms. The Bertz CT molecular complexity index is 781. The van der Waals surface area contributed by atoms with Crippen molar-refractivity contribution in [3.8, 4) is 28.4 Å². The summed E-state index contributed by atoms with van der Waals surface area (Å²) in [6.45, 7) is 1.25. The second-order valence-corrected chi connectivity index (χ2v) is 5.23. The topological polar surface area (TPSA) is 93.1 Å². The Hall–Kier alpha value is -3.02.